The van der Waals surface area contributed by atoms with Crippen LogP contribution in [-0.4, -0.2) is 45.2 Å². The molecule has 1 aliphatic heterocycles. The molecule has 28 heavy (non-hydrogen) atoms. The summed E-state index contributed by atoms with van der Waals surface area (Å²) >= 11 is 0. The predicted molar refractivity (Wildman–Crippen MR) is 102 cm³/mol. The second kappa shape index (κ2) is 9.03. The van der Waals surface area contributed by atoms with Crippen LogP contribution in [-0.2, 0) is 9.47 Å². The van der Waals surface area contributed by atoms with E-state index < -0.39 is 17.9 Å². The molecule has 0 radical (unpaired) electrons. The van der Waals surface area contributed by atoms with E-state index in [2.05, 4.69) is 4.74 Å². The molecule has 7 heteroatoms. The SMILES string of the molecule is COCOc1ccc(N2CCCC2)c(F)c1C(O)c1ccc(C(=O)OC)cc1. The normalized spacial score (nSPS) is 14.8. The van der Waals surface area contributed by atoms with Gasteiger partial charge in [-0.15, -0.1) is 0 Å². The molecule has 1 saturated heterocycles. The molecule has 2 aromatic carbocycles. The molecule has 0 amide bonds. The van der Waals surface area contributed by atoms with Crippen molar-refractivity contribution in [3.05, 3.63) is 58.9 Å². The summed E-state index contributed by atoms with van der Waals surface area (Å²) in [4.78, 5) is 13.6. The molecule has 1 aliphatic rings. The van der Waals surface area contributed by atoms with Crippen LogP contribution in [0.2, 0.25) is 0 Å². The van der Waals surface area contributed by atoms with Gasteiger partial charge in [0.2, 0.25) is 0 Å². The summed E-state index contributed by atoms with van der Waals surface area (Å²) in [5.41, 5.74) is 1.28. The average molecular weight is 389 g/mol. The Morgan fingerprint density at radius 3 is 2.43 bits per heavy atom. The van der Waals surface area contributed by atoms with Crippen LogP contribution >= 0.6 is 0 Å². The molecule has 0 aliphatic carbocycles. The zero-order valence-electron chi connectivity index (χ0n) is 16.0. The number of carbonyl (C=O) groups is 1. The summed E-state index contributed by atoms with van der Waals surface area (Å²) in [5.74, 6) is -0.778. The van der Waals surface area contributed by atoms with E-state index in [4.69, 9.17) is 9.47 Å². The van der Waals surface area contributed by atoms with Gasteiger partial charge in [0.25, 0.3) is 0 Å². The highest BCUT2D eigenvalue weighted by Gasteiger charge is 2.26. The lowest BCUT2D eigenvalue weighted by atomic mass is 9.98. The van der Waals surface area contributed by atoms with Gasteiger partial charge < -0.3 is 24.2 Å². The van der Waals surface area contributed by atoms with Gasteiger partial charge in [-0.3, -0.25) is 0 Å². The minimum Gasteiger partial charge on any atom is -0.467 e. The molecule has 3 rings (SSSR count). The van der Waals surface area contributed by atoms with E-state index in [1.807, 2.05) is 4.90 Å². The molecule has 1 unspecified atom stereocenters. The number of anilines is 1. The number of nitrogens with zero attached hydrogens (tertiary/aromatic N) is 1. The van der Waals surface area contributed by atoms with Crippen molar-refractivity contribution in [1.29, 1.82) is 0 Å². The number of aliphatic hydroxyl groups excluding tert-OH is 1. The maximum absolute atomic E-state index is 15.4. The summed E-state index contributed by atoms with van der Waals surface area (Å²) in [6.07, 6.45) is 0.753. The van der Waals surface area contributed by atoms with Gasteiger partial charge >= 0.3 is 5.97 Å². The minimum absolute atomic E-state index is 0.0484. The first-order valence-corrected chi connectivity index (χ1v) is 9.12. The van der Waals surface area contributed by atoms with E-state index in [9.17, 15) is 9.90 Å². The van der Waals surface area contributed by atoms with E-state index in [-0.39, 0.29) is 18.1 Å². The first-order chi connectivity index (χ1) is 13.6. The number of ether oxygens (including phenoxy) is 3. The van der Waals surface area contributed by atoms with Crippen molar-refractivity contribution in [2.45, 2.75) is 18.9 Å². The summed E-state index contributed by atoms with van der Waals surface area (Å²) in [7, 11) is 2.76. The Balaban J connectivity index is 1.98. The molecule has 1 atom stereocenters. The van der Waals surface area contributed by atoms with Gasteiger partial charge in [-0.2, -0.15) is 0 Å². The van der Waals surface area contributed by atoms with Gasteiger partial charge in [0, 0.05) is 20.2 Å². The Bertz CT molecular complexity index is 818. The van der Waals surface area contributed by atoms with Crippen molar-refractivity contribution < 1.29 is 28.5 Å². The van der Waals surface area contributed by atoms with Crippen LogP contribution in [0.3, 0.4) is 0 Å². The molecule has 6 nitrogen and oxygen atoms in total. The number of rotatable bonds is 7. The van der Waals surface area contributed by atoms with Crippen LogP contribution < -0.4 is 9.64 Å². The lowest BCUT2D eigenvalue weighted by Gasteiger charge is -2.23. The Morgan fingerprint density at radius 1 is 1.14 bits per heavy atom. The quantitative estimate of drug-likeness (QED) is 0.579. The fraction of sp³-hybridized carbons (Fsp3) is 0.381. The van der Waals surface area contributed by atoms with E-state index in [1.54, 1.807) is 24.3 Å². The molecule has 1 heterocycles. The Morgan fingerprint density at radius 2 is 1.82 bits per heavy atom. The fourth-order valence-corrected chi connectivity index (χ4v) is 3.36. The number of carbonyl (C=O) groups excluding carboxylic acids is 1. The van der Waals surface area contributed by atoms with Gasteiger partial charge in [0.1, 0.15) is 11.9 Å². The topological polar surface area (TPSA) is 68.2 Å². The lowest BCUT2D eigenvalue weighted by Crippen LogP contribution is -2.20. The third-order valence-corrected chi connectivity index (χ3v) is 4.82. The van der Waals surface area contributed by atoms with Crippen molar-refractivity contribution in [2.24, 2.45) is 0 Å². The summed E-state index contributed by atoms with van der Waals surface area (Å²) in [5, 5.41) is 10.9. The number of hydrogen-bond acceptors (Lipinski definition) is 6. The first kappa shape index (κ1) is 20.1. The zero-order valence-corrected chi connectivity index (χ0v) is 16.0. The molecule has 2 aromatic rings. The third kappa shape index (κ3) is 4.10. The van der Waals surface area contributed by atoms with Crippen LogP contribution in [0.4, 0.5) is 10.1 Å². The number of hydrogen-bond donors (Lipinski definition) is 1. The van der Waals surface area contributed by atoms with E-state index in [0.717, 1.165) is 25.9 Å². The maximum Gasteiger partial charge on any atom is 0.337 e. The fourth-order valence-electron chi connectivity index (χ4n) is 3.36. The van der Waals surface area contributed by atoms with Gasteiger partial charge in [-0.1, -0.05) is 12.1 Å². The summed E-state index contributed by atoms with van der Waals surface area (Å²) in [6, 6.07) is 9.52. The minimum atomic E-state index is -1.26. The Hall–Kier alpha value is -2.64. The standard InChI is InChI=1S/C21H24FNO5/c1-26-13-28-17-10-9-16(23-11-3-4-12-23)19(22)18(17)20(24)14-5-7-15(8-6-14)21(25)27-2/h5-10,20,24H,3-4,11-13H2,1-2H3. The number of halogens is 1. The van der Waals surface area contributed by atoms with Crippen molar-refractivity contribution in [3.8, 4) is 5.75 Å². The van der Waals surface area contributed by atoms with Crippen LogP contribution in [0.25, 0.3) is 0 Å². The molecule has 150 valence electrons. The highest BCUT2D eigenvalue weighted by atomic mass is 19.1. The molecule has 0 saturated carbocycles. The summed E-state index contributed by atoms with van der Waals surface area (Å²) in [6.45, 7) is 1.49. The smallest absolute Gasteiger partial charge is 0.337 e. The average Bonchev–Trinajstić information content (AvgIpc) is 3.26. The highest BCUT2D eigenvalue weighted by molar-refractivity contribution is 5.89. The van der Waals surface area contributed by atoms with E-state index in [1.165, 1.54) is 26.4 Å². The van der Waals surface area contributed by atoms with E-state index in [0.29, 0.717) is 16.8 Å². The Kier molecular flexibility index (Phi) is 6.49. The van der Waals surface area contributed by atoms with Crippen molar-refractivity contribution >= 4 is 11.7 Å². The van der Waals surface area contributed by atoms with Gasteiger partial charge in [0.05, 0.1) is 23.9 Å². The van der Waals surface area contributed by atoms with Crippen molar-refractivity contribution in [3.63, 3.8) is 0 Å². The second-order valence-electron chi connectivity index (χ2n) is 6.57. The molecule has 0 aromatic heterocycles. The van der Waals surface area contributed by atoms with Gasteiger partial charge in [0.15, 0.2) is 12.6 Å². The largest absolute Gasteiger partial charge is 0.467 e. The van der Waals surface area contributed by atoms with Crippen molar-refractivity contribution in [1.82, 2.24) is 0 Å². The number of aliphatic hydroxyl groups is 1. The molecule has 0 spiro atoms. The monoisotopic (exact) mass is 389 g/mol. The van der Waals surface area contributed by atoms with Crippen LogP contribution in [0.15, 0.2) is 36.4 Å². The molecule has 0 bridgehead atoms. The first-order valence-electron chi connectivity index (χ1n) is 9.12. The number of methoxy groups -OCH3 is 2. The molecular formula is C21H24FNO5. The van der Waals surface area contributed by atoms with Gasteiger partial charge in [-0.25, -0.2) is 9.18 Å². The van der Waals surface area contributed by atoms with Crippen LogP contribution in [0.1, 0.15) is 40.4 Å². The van der Waals surface area contributed by atoms with Gasteiger partial charge in [-0.05, 0) is 42.7 Å². The molecule has 1 fully saturated rings. The summed E-state index contributed by atoms with van der Waals surface area (Å²) < 4.78 is 30.5. The number of benzene rings is 2. The second-order valence-corrected chi connectivity index (χ2v) is 6.57. The molecular weight excluding hydrogens is 365 g/mol. The predicted octanol–water partition coefficient (Wildman–Crippen LogP) is 3.28. The molecule has 1 N–H and O–H groups in total. The Labute approximate surface area is 163 Å². The van der Waals surface area contributed by atoms with Crippen LogP contribution in [0.5, 0.6) is 5.75 Å². The number of esters is 1. The highest BCUT2D eigenvalue weighted by Crippen LogP contribution is 2.38. The lowest BCUT2D eigenvalue weighted by molar-refractivity contribution is 0.0483. The van der Waals surface area contributed by atoms with E-state index >= 15 is 4.39 Å². The van der Waals surface area contributed by atoms with Crippen LogP contribution in [0, 0.1) is 5.82 Å². The maximum atomic E-state index is 15.4. The van der Waals surface area contributed by atoms with Crippen molar-refractivity contribution in [2.75, 3.05) is 39.0 Å². The zero-order chi connectivity index (χ0) is 20.1. The third-order valence-electron chi connectivity index (χ3n) is 4.82.